The summed E-state index contributed by atoms with van der Waals surface area (Å²) in [5.74, 6) is 0. The molecule has 1 N–H and O–H groups in total. The molecule has 1 aromatic rings. The summed E-state index contributed by atoms with van der Waals surface area (Å²) in [6.07, 6.45) is 5.25. The molecule has 0 unspecified atom stereocenters. The highest BCUT2D eigenvalue weighted by molar-refractivity contribution is 6.30. The molecular formula is C15H19ClN2. The first-order chi connectivity index (χ1) is 8.78. The van der Waals surface area contributed by atoms with E-state index >= 15 is 0 Å². The van der Waals surface area contributed by atoms with Crippen molar-refractivity contribution in [3.8, 4) is 0 Å². The number of benzene rings is 1. The van der Waals surface area contributed by atoms with Crippen LogP contribution in [-0.2, 0) is 5.41 Å². The zero-order valence-electron chi connectivity index (χ0n) is 10.6. The van der Waals surface area contributed by atoms with Crippen LogP contribution in [0.3, 0.4) is 0 Å². The summed E-state index contributed by atoms with van der Waals surface area (Å²) in [5, 5.41) is 4.36. The summed E-state index contributed by atoms with van der Waals surface area (Å²) in [5.41, 5.74) is 3.45. The van der Waals surface area contributed by atoms with E-state index in [9.17, 15) is 0 Å². The molecule has 2 nitrogen and oxygen atoms in total. The number of hydrogen-bond donors (Lipinski definition) is 1. The van der Waals surface area contributed by atoms with Crippen LogP contribution in [-0.4, -0.2) is 25.7 Å². The molecule has 0 amide bonds. The largest absolute Gasteiger partial charge is 0.367 e. The number of hydrogen-bond acceptors (Lipinski definition) is 2. The average molecular weight is 263 g/mol. The number of rotatable bonds is 1. The number of nitrogens with zero attached hydrogens (tertiary/aromatic N) is 1. The van der Waals surface area contributed by atoms with E-state index in [0.717, 1.165) is 24.2 Å². The van der Waals surface area contributed by atoms with Crippen LogP contribution in [0.25, 0.3) is 0 Å². The van der Waals surface area contributed by atoms with Crippen molar-refractivity contribution < 1.29 is 0 Å². The second kappa shape index (κ2) is 3.88. The van der Waals surface area contributed by atoms with Crippen molar-refractivity contribution in [3.05, 3.63) is 28.8 Å². The fourth-order valence-electron chi connectivity index (χ4n) is 3.70. The van der Waals surface area contributed by atoms with Gasteiger partial charge in [-0.3, -0.25) is 0 Å². The topological polar surface area (TPSA) is 15.3 Å². The Kier molecular flexibility index (Phi) is 2.40. The second-order valence-electron chi connectivity index (χ2n) is 6.05. The summed E-state index contributed by atoms with van der Waals surface area (Å²) >= 11 is 6.18. The van der Waals surface area contributed by atoms with Gasteiger partial charge < -0.3 is 10.2 Å². The molecule has 2 aliphatic heterocycles. The van der Waals surface area contributed by atoms with Crippen LogP contribution in [0.1, 0.15) is 31.2 Å². The van der Waals surface area contributed by atoms with Gasteiger partial charge in [0.05, 0.1) is 0 Å². The van der Waals surface area contributed by atoms with Crippen molar-refractivity contribution in [2.24, 2.45) is 0 Å². The zero-order valence-corrected chi connectivity index (χ0v) is 11.3. The van der Waals surface area contributed by atoms with Crippen LogP contribution >= 0.6 is 11.6 Å². The van der Waals surface area contributed by atoms with Gasteiger partial charge in [-0.2, -0.15) is 0 Å². The molecule has 3 aliphatic rings. The Morgan fingerprint density at radius 3 is 2.72 bits per heavy atom. The molecular weight excluding hydrogens is 244 g/mol. The predicted molar refractivity (Wildman–Crippen MR) is 75.6 cm³/mol. The first-order valence-corrected chi connectivity index (χ1v) is 7.44. The summed E-state index contributed by atoms with van der Waals surface area (Å²) in [6, 6.07) is 7.24. The maximum atomic E-state index is 6.18. The molecule has 1 saturated heterocycles. The Labute approximate surface area is 113 Å². The highest BCUT2D eigenvalue weighted by Crippen LogP contribution is 2.57. The summed E-state index contributed by atoms with van der Waals surface area (Å²) in [4.78, 5) is 2.67. The smallest absolute Gasteiger partial charge is 0.0410 e. The Bertz CT molecular complexity index is 475. The maximum Gasteiger partial charge on any atom is 0.0410 e. The zero-order chi connectivity index (χ0) is 12.2. The van der Waals surface area contributed by atoms with E-state index in [2.05, 4.69) is 28.4 Å². The van der Waals surface area contributed by atoms with Crippen molar-refractivity contribution in [2.45, 2.75) is 37.1 Å². The van der Waals surface area contributed by atoms with Gasteiger partial charge in [0.15, 0.2) is 0 Å². The number of nitrogens with one attached hydrogen (secondary N) is 1. The lowest BCUT2D eigenvalue weighted by atomic mass is 9.99. The van der Waals surface area contributed by atoms with Gasteiger partial charge in [-0.1, -0.05) is 11.6 Å². The normalized spacial score (nSPS) is 25.5. The fraction of sp³-hybridized carbons (Fsp3) is 0.600. The number of piperidine rings is 1. The molecule has 1 spiro atoms. The van der Waals surface area contributed by atoms with E-state index in [-0.39, 0.29) is 0 Å². The second-order valence-corrected chi connectivity index (χ2v) is 6.49. The Morgan fingerprint density at radius 2 is 2.00 bits per heavy atom. The molecule has 2 fully saturated rings. The van der Waals surface area contributed by atoms with Crippen molar-refractivity contribution in [2.75, 3.05) is 24.5 Å². The fourth-order valence-corrected chi connectivity index (χ4v) is 3.87. The minimum atomic E-state index is 0.463. The molecule has 96 valence electrons. The lowest BCUT2D eigenvalue weighted by molar-refractivity contribution is 0.428. The quantitative estimate of drug-likeness (QED) is 0.837. The molecule has 1 saturated carbocycles. The van der Waals surface area contributed by atoms with Crippen LogP contribution in [0.15, 0.2) is 18.2 Å². The predicted octanol–water partition coefficient (Wildman–Crippen LogP) is 2.94. The lowest BCUT2D eigenvalue weighted by Gasteiger charge is -2.34. The van der Waals surface area contributed by atoms with Crippen LogP contribution < -0.4 is 10.2 Å². The minimum absolute atomic E-state index is 0.463. The van der Waals surface area contributed by atoms with Gasteiger partial charge in [-0.05, 0) is 62.5 Å². The van der Waals surface area contributed by atoms with E-state index in [1.165, 1.54) is 43.5 Å². The van der Waals surface area contributed by atoms with Crippen LogP contribution in [0, 0.1) is 0 Å². The number of fused-ring (bicyclic) bond motifs is 2. The summed E-state index contributed by atoms with van der Waals surface area (Å²) in [7, 11) is 0. The van der Waals surface area contributed by atoms with Gasteiger partial charge in [-0.15, -0.1) is 0 Å². The average Bonchev–Trinajstić information content (AvgIpc) is 3.11. The minimum Gasteiger partial charge on any atom is -0.367 e. The molecule has 1 aromatic carbocycles. The van der Waals surface area contributed by atoms with Crippen molar-refractivity contribution in [1.82, 2.24) is 5.32 Å². The van der Waals surface area contributed by atoms with Crippen molar-refractivity contribution in [1.29, 1.82) is 0 Å². The van der Waals surface area contributed by atoms with Gasteiger partial charge in [-0.25, -0.2) is 0 Å². The molecule has 18 heavy (non-hydrogen) atoms. The molecule has 2 heterocycles. The van der Waals surface area contributed by atoms with E-state index in [4.69, 9.17) is 11.6 Å². The molecule has 0 bridgehead atoms. The van der Waals surface area contributed by atoms with E-state index in [0.29, 0.717) is 5.41 Å². The number of halogens is 1. The third kappa shape index (κ3) is 1.59. The van der Waals surface area contributed by atoms with Gasteiger partial charge >= 0.3 is 0 Å². The van der Waals surface area contributed by atoms with Crippen LogP contribution in [0.4, 0.5) is 5.69 Å². The van der Waals surface area contributed by atoms with Gasteiger partial charge in [0.2, 0.25) is 0 Å². The Morgan fingerprint density at radius 1 is 1.22 bits per heavy atom. The molecule has 1 aliphatic carbocycles. The lowest BCUT2D eigenvalue weighted by Crippen LogP contribution is -2.43. The maximum absolute atomic E-state index is 6.18. The summed E-state index contributed by atoms with van der Waals surface area (Å²) < 4.78 is 0. The third-order valence-electron chi connectivity index (χ3n) is 4.92. The monoisotopic (exact) mass is 262 g/mol. The molecule has 0 radical (unpaired) electrons. The van der Waals surface area contributed by atoms with Crippen molar-refractivity contribution in [3.63, 3.8) is 0 Å². The van der Waals surface area contributed by atoms with Gasteiger partial charge in [0.1, 0.15) is 0 Å². The van der Waals surface area contributed by atoms with Crippen molar-refractivity contribution >= 4 is 17.3 Å². The standard InChI is InChI=1S/C15H19ClN2/c16-11-1-2-14-13(9-11)15(5-6-15)10-18(14)12-3-7-17-8-4-12/h1-2,9,12,17H,3-8,10H2. The molecule has 0 atom stereocenters. The van der Waals surface area contributed by atoms with Gasteiger partial charge in [0, 0.05) is 28.7 Å². The molecule has 3 heteroatoms. The van der Waals surface area contributed by atoms with E-state index in [1.54, 1.807) is 0 Å². The Balaban J connectivity index is 1.71. The van der Waals surface area contributed by atoms with Gasteiger partial charge in [0.25, 0.3) is 0 Å². The Hall–Kier alpha value is -0.730. The van der Waals surface area contributed by atoms with Crippen LogP contribution in [0.2, 0.25) is 5.02 Å². The third-order valence-corrected chi connectivity index (χ3v) is 5.15. The highest BCUT2D eigenvalue weighted by Gasteiger charge is 2.52. The molecule has 4 rings (SSSR count). The SMILES string of the molecule is Clc1ccc2c(c1)C1(CC1)CN2C1CCNCC1. The van der Waals surface area contributed by atoms with E-state index < -0.39 is 0 Å². The van der Waals surface area contributed by atoms with E-state index in [1.807, 2.05) is 0 Å². The highest BCUT2D eigenvalue weighted by atomic mass is 35.5. The number of anilines is 1. The first kappa shape index (κ1) is 11.1. The first-order valence-electron chi connectivity index (χ1n) is 7.06. The summed E-state index contributed by atoms with van der Waals surface area (Å²) in [6.45, 7) is 3.56. The molecule has 0 aromatic heterocycles. The van der Waals surface area contributed by atoms with Crippen LogP contribution in [0.5, 0.6) is 0 Å².